The quantitative estimate of drug-likeness (QED) is 0.714. The van der Waals surface area contributed by atoms with Crippen molar-refractivity contribution in [1.29, 1.82) is 0 Å². The van der Waals surface area contributed by atoms with Crippen LogP contribution in [0.25, 0.3) is 0 Å². The standard InChI is InChI=1S/C13H10BrFINO/c14-9-1-4-13(18)8(5-9)7-17-12-3-2-10(15)6-11(12)16/h1-6,17-18H,7H2. The van der Waals surface area contributed by atoms with Gasteiger partial charge in [-0.15, -0.1) is 0 Å². The van der Waals surface area contributed by atoms with Gasteiger partial charge in [-0.3, -0.25) is 0 Å². The van der Waals surface area contributed by atoms with Gasteiger partial charge >= 0.3 is 0 Å². The fourth-order valence-corrected chi connectivity index (χ4v) is 2.60. The first-order valence-corrected chi connectivity index (χ1v) is 7.10. The second-order valence-corrected chi connectivity index (χ2v) is 5.83. The van der Waals surface area contributed by atoms with Gasteiger partial charge in [0.25, 0.3) is 0 Å². The zero-order chi connectivity index (χ0) is 13.1. The Hall–Kier alpha value is -0.820. The summed E-state index contributed by atoms with van der Waals surface area (Å²) in [5.74, 6) is -0.0157. The van der Waals surface area contributed by atoms with E-state index in [-0.39, 0.29) is 11.6 Å². The number of hydrogen-bond acceptors (Lipinski definition) is 2. The van der Waals surface area contributed by atoms with Crippen LogP contribution in [0.1, 0.15) is 5.56 Å². The van der Waals surface area contributed by atoms with Crippen molar-refractivity contribution >= 4 is 44.2 Å². The number of halogens is 3. The molecule has 0 amide bonds. The molecule has 0 radical (unpaired) electrons. The van der Waals surface area contributed by atoms with Crippen LogP contribution in [-0.2, 0) is 6.54 Å². The molecule has 94 valence electrons. The number of benzene rings is 2. The summed E-state index contributed by atoms with van der Waals surface area (Å²) in [6.45, 7) is 0.479. The van der Waals surface area contributed by atoms with Crippen LogP contribution in [0, 0.1) is 9.39 Å². The largest absolute Gasteiger partial charge is 0.508 e. The molecular formula is C13H10BrFINO. The van der Waals surface area contributed by atoms with Gasteiger partial charge in [0.2, 0.25) is 0 Å². The summed E-state index contributed by atoms with van der Waals surface area (Å²) >= 11 is 5.43. The molecule has 0 atom stereocenters. The lowest BCUT2D eigenvalue weighted by Crippen LogP contribution is -2.01. The highest BCUT2D eigenvalue weighted by atomic mass is 127. The average Bonchev–Trinajstić information content (AvgIpc) is 2.32. The van der Waals surface area contributed by atoms with Crippen molar-refractivity contribution in [2.24, 2.45) is 0 Å². The Morgan fingerprint density at radius 2 is 2.00 bits per heavy atom. The maximum Gasteiger partial charge on any atom is 0.124 e. The third-order valence-electron chi connectivity index (χ3n) is 2.44. The number of anilines is 1. The smallest absolute Gasteiger partial charge is 0.124 e. The van der Waals surface area contributed by atoms with E-state index >= 15 is 0 Å². The van der Waals surface area contributed by atoms with Gasteiger partial charge in [0, 0.05) is 25.8 Å². The maximum atomic E-state index is 12.9. The first kappa shape index (κ1) is 13.6. The van der Waals surface area contributed by atoms with Gasteiger partial charge in [-0.1, -0.05) is 15.9 Å². The second kappa shape index (κ2) is 5.88. The van der Waals surface area contributed by atoms with Gasteiger partial charge in [-0.25, -0.2) is 4.39 Å². The van der Waals surface area contributed by atoms with E-state index in [1.54, 1.807) is 18.2 Å². The normalized spacial score (nSPS) is 10.4. The molecule has 5 heteroatoms. The highest BCUT2D eigenvalue weighted by Crippen LogP contribution is 2.24. The summed E-state index contributed by atoms with van der Waals surface area (Å²) in [4.78, 5) is 0. The number of nitrogens with one attached hydrogen (secondary N) is 1. The third-order valence-corrected chi connectivity index (χ3v) is 3.83. The average molecular weight is 422 g/mol. The van der Waals surface area contributed by atoms with Crippen LogP contribution in [0.5, 0.6) is 5.75 Å². The van der Waals surface area contributed by atoms with Crippen molar-refractivity contribution in [1.82, 2.24) is 0 Å². The molecule has 0 aliphatic carbocycles. The van der Waals surface area contributed by atoms with Crippen LogP contribution in [0.3, 0.4) is 0 Å². The minimum Gasteiger partial charge on any atom is -0.508 e. The van der Waals surface area contributed by atoms with Crippen LogP contribution >= 0.6 is 38.5 Å². The lowest BCUT2D eigenvalue weighted by Gasteiger charge is -2.10. The van der Waals surface area contributed by atoms with E-state index in [1.807, 2.05) is 6.07 Å². The number of aromatic hydroxyl groups is 1. The lowest BCUT2D eigenvalue weighted by molar-refractivity contribution is 0.469. The van der Waals surface area contributed by atoms with E-state index in [4.69, 9.17) is 0 Å². The predicted octanol–water partition coefficient (Wildman–Crippen LogP) is 4.51. The van der Waals surface area contributed by atoms with E-state index in [1.165, 1.54) is 12.1 Å². The van der Waals surface area contributed by atoms with Crippen LogP contribution in [0.4, 0.5) is 10.1 Å². The van der Waals surface area contributed by atoms with Gasteiger partial charge in [-0.05, 0) is 59.0 Å². The minimum absolute atomic E-state index is 0.239. The molecule has 2 rings (SSSR count). The van der Waals surface area contributed by atoms with Gasteiger partial charge in [0.1, 0.15) is 11.6 Å². The summed E-state index contributed by atoms with van der Waals surface area (Å²) < 4.78 is 14.7. The van der Waals surface area contributed by atoms with Gasteiger partial charge in [-0.2, -0.15) is 0 Å². The number of rotatable bonds is 3. The molecule has 2 nitrogen and oxygen atoms in total. The minimum atomic E-state index is -0.254. The first-order chi connectivity index (χ1) is 8.56. The Kier molecular flexibility index (Phi) is 4.45. The SMILES string of the molecule is Oc1ccc(Br)cc1CNc1ccc(F)cc1I. The fourth-order valence-electron chi connectivity index (χ4n) is 1.52. The summed E-state index contributed by atoms with van der Waals surface area (Å²) in [5, 5.41) is 12.9. The summed E-state index contributed by atoms with van der Waals surface area (Å²) in [6.07, 6.45) is 0. The number of phenols is 1. The fraction of sp³-hybridized carbons (Fsp3) is 0.0769. The highest BCUT2D eigenvalue weighted by Gasteiger charge is 2.04. The molecule has 0 aromatic heterocycles. The summed E-state index contributed by atoms with van der Waals surface area (Å²) in [5.41, 5.74) is 1.63. The van der Waals surface area contributed by atoms with Crippen molar-refractivity contribution in [2.45, 2.75) is 6.54 Å². The molecule has 0 spiro atoms. The van der Waals surface area contributed by atoms with Crippen LogP contribution in [0.15, 0.2) is 40.9 Å². The Balaban J connectivity index is 2.13. The van der Waals surface area contributed by atoms with Crippen LogP contribution in [0.2, 0.25) is 0 Å². The van der Waals surface area contributed by atoms with Crippen LogP contribution < -0.4 is 5.32 Å². The molecule has 0 heterocycles. The van der Waals surface area contributed by atoms with Gasteiger partial charge in [0.05, 0.1) is 0 Å². The first-order valence-electron chi connectivity index (χ1n) is 5.22. The molecule has 0 bridgehead atoms. The van der Waals surface area contributed by atoms with E-state index in [0.29, 0.717) is 6.54 Å². The molecule has 2 aromatic rings. The molecule has 2 aromatic carbocycles. The number of phenolic OH excluding ortho intramolecular Hbond substituents is 1. The Morgan fingerprint density at radius 3 is 2.72 bits per heavy atom. The summed E-state index contributed by atoms with van der Waals surface area (Å²) in [7, 11) is 0. The molecule has 0 saturated carbocycles. The molecule has 18 heavy (non-hydrogen) atoms. The van der Waals surface area contributed by atoms with Crippen LogP contribution in [-0.4, -0.2) is 5.11 Å². The molecule has 0 aliphatic heterocycles. The number of hydrogen-bond donors (Lipinski definition) is 2. The monoisotopic (exact) mass is 421 g/mol. The highest BCUT2D eigenvalue weighted by molar-refractivity contribution is 14.1. The second-order valence-electron chi connectivity index (χ2n) is 3.75. The van der Waals surface area contributed by atoms with Crippen molar-refractivity contribution in [3.8, 4) is 5.75 Å². The molecule has 0 fully saturated rings. The van der Waals surface area contributed by atoms with Crippen molar-refractivity contribution < 1.29 is 9.50 Å². The van der Waals surface area contributed by atoms with E-state index < -0.39 is 0 Å². The van der Waals surface area contributed by atoms with E-state index in [0.717, 1.165) is 19.3 Å². The van der Waals surface area contributed by atoms with E-state index in [9.17, 15) is 9.50 Å². The molecule has 0 aliphatic rings. The third kappa shape index (κ3) is 3.35. The Bertz CT molecular complexity index is 577. The Morgan fingerprint density at radius 1 is 1.22 bits per heavy atom. The maximum absolute atomic E-state index is 12.9. The zero-order valence-corrected chi connectivity index (χ0v) is 13.0. The lowest BCUT2D eigenvalue weighted by atomic mass is 10.2. The van der Waals surface area contributed by atoms with Crippen molar-refractivity contribution in [3.63, 3.8) is 0 Å². The Labute approximate surface area is 126 Å². The zero-order valence-electron chi connectivity index (χ0n) is 9.25. The van der Waals surface area contributed by atoms with Gasteiger partial charge in [0.15, 0.2) is 0 Å². The molecule has 2 N–H and O–H groups in total. The molecule has 0 saturated heterocycles. The van der Waals surface area contributed by atoms with E-state index in [2.05, 4.69) is 43.8 Å². The van der Waals surface area contributed by atoms with Crippen molar-refractivity contribution in [3.05, 3.63) is 55.8 Å². The van der Waals surface area contributed by atoms with Gasteiger partial charge < -0.3 is 10.4 Å². The topological polar surface area (TPSA) is 32.3 Å². The van der Waals surface area contributed by atoms with Crippen molar-refractivity contribution in [2.75, 3.05) is 5.32 Å². The predicted molar refractivity (Wildman–Crippen MR) is 82.3 cm³/mol. The molecular weight excluding hydrogens is 412 g/mol. The molecule has 0 unspecified atom stereocenters. The summed E-state index contributed by atoms with van der Waals surface area (Å²) in [6, 6.07) is 9.82.